The quantitative estimate of drug-likeness (QED) is 0.608. The molecule has 0 spiro atoms. The summed E-state index contributed by atoms with van der Waals surface area (Å²) in [6, 6.07) is 3.03. The molecular formula is C13H16N2O6. The Hall–Kier alpha value is -2.77. The normalized spacial score (nSPS) is 10.2. The fourth-order valence-electron chi connectivity index (χ4n) is 1.59. The Bertz CT molecular complexity index is 556. The van der Waals surface area contributed by atoms with E-state index in [-0.39, 0.29) is 29.2 Å². The van der Waals surface area contributed by atoms with Gasteiger partial charge in [0.2, 0.25) is 0 Å². The summed E-state index contributed by atoms with van der Waals surface area (Å²) >= 11 is 0. The molecule has 0 aliphatic rings. The maximum absolute atomic E-state index is 11.4. The van der Waals surface area contributed by atoms with E-state index >= 15 is 0 Å². The first kappa shape index (κ1) is 16.3. The molecule has 0 aromatic heterocycles. The molecule has 1 aromatic rings. The summed E-state index contributed by atoms with van der Waals surface area (Å²) in [4.78, 5) is 22.4. The maximum Gasteiger partial charge on any atom is 0.427 e. The first-order valence-electron chi connectivity index (χ1n) is 5.99. The zero-order valence-electron chi connectivity index (χ0n) is 11.9. The molecule has 114 valence electrons. The van der Waals surface area contributed by atoms with Crippen LogP contribution in [0.4, 0.5) is 4.79 Å². The van der Waals surface area contributed by atoms with Crippen molar-refractivity contribution in [1.29, 1.82) is 0 Å². The second-order valence-electron chi connectivity index (χ2n) is 3.66. The molecule has 0 aliphatic heterocycles. The average molecular weight is 296 g/mol. The summed E-state index contributed by atoms with van der Waals surface area (Å²) in [5.41, 5.74) is 2.24. The topological polar surface area (TPSA) is 106 Å². The monoisotopic (exact) mass is 296 g/mol. The van der Waals surface area contributed by atoms with Crippen LogP contribution in [0.2, 0.25) is 0 Å². The van der Waals surface area contributed by atoms with Crippen molar-refractivity contribution < 1.29 is 28.9 Å². The van der Waals surface area contributed by atoms with Crippen molar-refractivity contribution in [2.45, 2.75) is 6.92 Å². The smallest absolute Gasteiger partial charge is 0.427 e. The van der Waals surface area contributed by atoms with Gasteiger partial charge < -0.3 is 19.3 Å². The summed E-state index contributed by atoms with van der Waals surface area (Å²) in [6.07, 6.45) is 0.452. The number of nitrogens with one attached hydrogen (secondary N) is 1. The second-order valence-corrected chi connectivity index (χ2v) is 3.66. The lowest BCUT2D eigenvalue weighted by atomic mass is 10.1. The third-order valence-corrected chi connectivity index (χ3v) is 2.43. The van der Waals surface area contributed by atoms with Crippen molar-refractivity contribution in [3.63, 3.8) is 0 Å². The second kappa shape index (κ2) is 7.73. The Labute approximate surface area is 121 Å². The predicted molar refractivity (Wildman–Crippen MR) is 74.3 cm³/mol. The number of nitrogens with zero attached hydrogens (tertiary/aromatic N) is 1. The molecule has 0 radical (unpaired) electrons. The first-order valence-corrected chi connectivity index (χ1v) is 5.99. The van der Waals surface area contributed by atoms with Gasteiger partial charge in [-0.1, -0.05) is 0 Å². The minimum absolute atomic E-state index is 0.0742. The van der Waals surface area contributed by atoms with E-state index in [0.717, 1.165) is 0 Å². The number of amides is 1. The van der Waals surface area contributed by atoms with Gasteiger partial charge in [0, 0.05) is 5.56 Å². The van der Waals surface area contributed by atoms with Gasteiger partial charge >= 0.3 is 12.1 Å². The fourth-order valence-corrected chi connectivity index (χ4v) is 1.59. The largest absolute Gasteiger partial charge is 0.493 e. The van der Waals surface area contributed by atoms with Gasteiger partial charge in [0.15, 0.2) is 11.5 Å². The highest BCUT2D eigenvalue weighted by molar-refractivity contribution is 6.01. The van der Waals surface area contributed by atoms with Crippen LogP contribution >= 0.6 is 0 Å². The molecule has 8 heteroatoms. The van der Waals surface area contributed by atoms with E-state index in [1.54, 1.807) is 6.92 Å². The lowest BCUT2D eigenvalue weighted by molar-refractivity contribution is 0.0692. The Morgan fingerprint density at radius 1 is 1.33 bits per heavy atom. The van der Waals surface area contributed by atoms with Gasteiger partial charge in [-0.05, 0) is 19.1 Å². The highest BCUT2D eigenvalue weighted by Crippen LogP contribution is 2.32. The summed E-state index contributed by atoms with van der Waals surface area (Å²) < 4.78 is 14.7. The average Bonchev–Trinajstić information content (AvgIpc) is 2.46. The van der Waals surface area contributed by atoms with Gasteiger partial charge in [0.05, 0.1) is 27.0 Å². The van der Waals surface area contributed by atoms with Crippen molar-refractivity contribution in [1.82, 2.24) is 5.43 Å². The number of carbonyl (C=O) groups excluding carboxylic acids is 1. The van der Waals surface area contributed by atoms with Crippen LogP contribution in [0.15, 0.2) is 17.2 Å². The highest BCUT2D eigenvalue weighted by atomic mass is 16.5. The zero-order chi connectivity index (χ0) is 15.8. The van der Waals surface area contributed by atoms with E-state index in [1.807, 2.05) is 0 Å². The Kier molecular flexibility index (Phi) is 5.99. The minimum Gasteiger partial charge on any atom is -0.493 e. The van der Waals surface area contributed by atoms with Crippen LogP contribution in [0, 0.1) is 0 Å². The van der Waals surface area contributed by atoms with Gasteiger partial charge in [-0.2, -0.15) is 5.10 Å². The molecule has 0 aliphatic carbocycles. The minimum atomic E-state index is -1.21. The third-order valence-electron chi connectivity index (χ3n) is 2.43. The number of carboxylic acids is 1. The Balaban J connectivity index is 3.10. The molecule has 0 saturated heterocycles. The molecule has 0 bridgehead atoms. The summed E-state index contributed by atoms with van der Waals surface area (Å²) in [5.74, 6) is -0.848. The molecule has 1 amide bonds. The molecule has 1 rings (SSSR count). The van der Waals surface area contributed by atoms with Gasteiger partial charge in [-0.3, -0.25) is 0 Å². The zero-order valence-corrected chi connectivity index (χ0v) is 11.9. The molecular weight excluding hydrogens is 280 g/mol. The van der Waals surface area contributed by atoms with Crippen LogP contribution < -0.4 is 14.9 Å². The Morgan fingerprint density at radius 2 is 2.05 bits per heavy atom. The fraction of sp³-hybridized carbons (Fsp3) is 0.308. The summed E-state index contributed by atoms with van der Waals surface area (Å²) in [7, 11) is 2.74. The van der Waals surface area contributed by atoms with Gasteiger partial charge in [0.25, 0.3) is 0 Å². The van der Waals surface area contributed by atoms with E-state index < -0.39 is 12.1 Å². The number of hydrogen-bond donors (Lipinski definition) is 2. The van der Waals surface area contributed by atoms with Crippen LogP contribution in [0.25, 0.3) is 0 Å². The lowest BCUT2D eigenvalue weighted by Crippen LogP contribution is -2.19. The molecule has 0 atom stereocenters. The van der Waals surface area contributed by atoms with Crippen molar-refractivity contribution in [2.75, 3.05) is 20.8 Å². The number of hydrazone groups is 1. The predicted octanol–water partition coefficient (Wildman–Crippen LogP) is 1.48. The number of rotatable bonds is 6. The molecule has 0 saturated carbocycles. The lowest BCUT2D eigenvalue weighted by Gasteiger charge is -2.12. The number of ether oxygens (including phenoxy) is 3. The van der Waals surface area contributed by atoms with E-state index in [1.165, 1.54) is 32.6 Å². The van der Waals surface area contributed by atoms with E-state index in [9.17, 15) is 14.7 Å². The molecule has 1 aromatic carbocycles. The standard InChI is InChI=1S/C13H16N2O6/c1-4-21-13(18)15-14-7-8-5-6-9(19-2)11(20-3)10(8)12(16)17/h5-7H,4H2,1-3H3,(H,15,18)(H,16,17)/b14-7-. The SMILES string of the molecule is CCOC(=O)N/N=C\c1ccc(OC)c(OC)c1C(=O)O. The van der Waals surface area contributed by atoms with Crippen molar-refractivity contribution in [3.8, 4) is 11.5 Å². The van der Waals surface area contributed by atoms with Crippen LogP contribution in [-0.4, -0.2) is 44.2 Å². The molecule has 8 nitrogen and oxygen atoms in total. The molecule has 2 N–H and O–H groups in total. The molecule has 0 heterocycles. The number of hydrogen-bond acceptors (Lipinski definition) is 6. The van der Waals surface area contributed by atoms with E-state index in [4.69, 9.17) is 9.47 Å². The first-order chi connectivity index (χ1) is 10.0. The van der Waals surface area contributed by atoms with Crippen LogP contribution in [0.3, 0.4) is 0 Å². The third kappa shape index (κ3) is 4.10. The number of carbonyl (C=O) groups is 2. The van der Waals surface area contributed by atoms with Crippen molar-refractivity contribution in [3.05, 3.63) is 23.3 Å². The van der Waals surface area contributed by atoms with Crippen LogP contribution in [0.1, 0.15) is 22.8 Å². The van der Waals surface area contributed by atoms with E-state index in [0.29, 0.717) is 0 Å². The van der Waals surface area contributed by atoms with Gasteiger partial charge in [-0.15, -0.1) is 0 Å². The van der Waals surface area contributed by atoms with Crippen molar-refractivity contribution >= 4 is 18.3 Å². The van der Waals surface area contributed by atoms with Crippen molar-refractivity contribution in [2.24, 2.45) is 5.10 Å². The maximum atomic E-state index is 11.4. The summed E-state index contributed by atoms with van der Waals surface area (Å²) in [6.45, 7) is 1.86. The van der Waals surface area contributed by atoms with E-state index in [2.05, 4.69) is 15.3 Å². The number of benzene rings is 1. The summed E-state index contributed by atoms with van der Waals surface area (Å²) in [5, 5.41) is 12.9. The number of aromatic carboxylic acids is 1. The molecule has 0 fully saturated rings. The van der Waals surface area contributed by atoms with Crippen LogP contribution in [0.5, 0.6) is 11.5 Å². The molecule has 0 unspecified atom stereocenters. The number of methoxy groups -OCH3 is 2. The van der Waals surface area contributed by atoms with Gasteiger partial charge in [0.1, 0.15) is 5.56 Å². The molecule has 21 heavy (non-hydrogen) atoms. The number of carboxylic acid groups (broad SMARTS) is 1. The van der Waals surface area contributed by atoms with Crippen LogP contribution in [-0.2, 0) is 4.74 Å². The highest BCUT2D eigenvalue weighted by Gasteiger charge is 2.20. The Morgan fingerprint density at radius 3 is 2.57 bits per heavy atom. The van der Waals surface area contributed by atoms with Gasteiger partial charge in [-0.25, -0.2) is 15.0 Å².